The van der Waals surface area contributed by atoms with Crippen molar-refractivity contribution >= 4 is 42.1 Å². The fraction of sp³-hybridized carbons (Fsp3) is 0.889. The van der Waals surface area contributed by atoms with Crippen molar-refractivity contribution in [3.8, 4) is 0 Å². The fourth-order valence-corrected chi connectivity index (χ4v) is 1.55. The molecule has 0 aromatic carbocycles. The van der Waals surface area contributed by atoms with E-state index in [1.807, 2.05) is 7.05 Å². The highest BCUT2D eigenvalue weighted by Crippen LogP contribution is 2.09. The first-order valence-electron chi connectivity index (χ1n) is 4.71. The number of halogens is 2. The van der Waals surface area contributed by atoms with Crippen molar-refractivity contribution in [3.05, 3.63) is 0 Å². The van der Waals surface area contributed by atoms with Gasteiger partial charge in [0.05, 0.1) is 6.04 Å². The lowest BCUT2D eigenvalue weighted by Gasteiger charge is -2.22. The highest BCUT2D eigenvalue weighted by molar-refractivity contribution is 7.80. The number of nitrogens with two attached hydrogens (primary N) is 1. The lowest BCUT2D eigenvalue weighted by Crippen LogP contribution is -2.40. The van der Waals surface area contributed by atoms with E-state index in [1.54, 1.807) is 0 Å². The van der Waals surface area contributed by atoms with Crippen LogP contribution >= 0.6 is 37.0 Å². The molecule has 0 amide bonds. The minimum absolute atomic E-state index is 0. The molecule has 0 bridgehead atoms. The van der Waals surface area contributed by atoms with Gasteiger partial charge in [0.2, 0.25) is 0 Å². The Morgan fingerprint density at radius 3 is 2.33 bits per heavy atom. The number of ether oxygens (including phenoxy) is 1. The molecular weight excluding hydrogens is 255 g/mol. The first kappa shape index (κ1) is 20.8. The maximum atomic E-state index is 5.32. The van der Waals surface area contributed by atoms with Crippen LogP contribution in [0.2, 0.25) is 0 Å². The van der Waals surface area contributed by atoms with Gasteiger partial charge in [-0.2, -0.15) is 0 Å². The van der Waals surface area contributed by atoms with Crippen molar-refractivity contribution in [2.24, 2.45) is 11.7 Å². The topological polar surface area (TPSA) is 47.3 Å². The van der Waals surface area contributed by atoms with Gasteiger partial charge in [0, 0.05) is 6.54 Å². The van der Waals surface area contributed by atoms with Crippen LogP contribution in [0.3, 0.4) is 0 Å². The Morgan fingerprint density at radius 1 is 1.47 bits per heavy atom. The summed E-state index contributed by atoms with van der Waals surface area (Å²) < 4.78 is 5.31. The summed E-state index contributed by atoms with van der Waals surface area (Å²) >= 11 is 5.14. The number of hydrogen-bond acceptors (Lipinski definition) is 4. The summed E-state index contributed by atoms with van der Waals surface area (Å²) in [6.45, 7) is 5.31. The molecule has 0 unspecified atom stereocenters. The van der Waals surface area contributed by atoms with Gasteiger partial charge in [-0.05, 0) is 25.2 Å². The van der Waals surface area contributed by atoms with E-state index in [2.05, 4.69) is 19.2 Å². The lowest BCUT2D eigenvalue weighted by molar-refractivity contribution is 0.289. The highest BCUT2D eigenvalue weighted by atomic mass is 35.5. The van der Waals surface area contributed by atoms with E-state index in [-0.39, 0.29) is 30.9 Å². The molecule has 0 spiro atoms. The predicted molar refractivity (Wildman–Crippen MR) is 74.4 cm³/mol. The highest BCUT2D eigenvalue weighted by Gasteiger charge is 2.19. The normalized spacial score (nSPS) is 13.1. The third kappa shape index (κ3) is 8.22. The molecule has 0 aromatic rings. The van der Waals surface area contributed by atoms with E-state index in [1.165, 1.54) is 0 Å². The van der Waals surface area contributed by atoms with E-state index >= 15 is 0 Å². The number of thiocarbonyl (C=S) groups is 1. The quantitative estimate of drug-likeness (QED) is 0.726. The number of likely N-dealkylation sites (N-methyl/N-ethyl adjacent to an activating group) is 1. The van der Waals surface area contributed by atoms with Crippen LogP contribution in [0.15, 0.2) is 0 Å². The Hall–Kier alpha value is 0.390. The van der Waals surface area contributed by atoms with Crippen LogP contribution in [0, 0.1) is 5.92 Å². The van der Waals surface area contributed by atoms with Crippen molar-refractivity contribution in [1.29, 1.82) is 0 Å². The van der Waals surface area contributed by atoms with Gasteiger partial charge in [-0.25, -0.2) is 0 Å². The van der Waals surface area contributed by atoms with Crippen LogP contribution in [0.4, 0.5) is 0 Å². The Balaban J connectivity index is -0.000000720. The minimum atomic E-state index is 0. The zero-order chi connectivity index (χ0) is 10.3. The van der Waals surface area contributed by atoms with Crippen LogP contribution in [-0.4, -0.2) is 31.3 Å². The molecule has 6 heteroatoms. The maximum Gasteiger partial charge on any atom is 0.176 e. The zero-order valence-corrected chi connectivity index (χ0v) is 11.9. The molecule has 3 nitrogen and oxygen atoms in total. The SMILES string of the molecule is CC[C@H](C)[C@H](NC)C(=S)OCCN.Cl.Cl. The first-order chi connectivity index (χ1) is 6.17. The Kier molecular flexibility index (Phi) is 17.2. The second-order valence-corrected chi connectivity index (χ2v) is 3.51. The second kappa shape index (κ2) is 12.5. The van der Waals surface area contributed by atoms with Crippen LogP contribution in [0.1, 0.15) is 20.3 Å². The molecule has 0 saturated heterocycles. The van der Waals surface area contributed by atoms with E-state index < -0.39 is 0 Å². The van der Waals surface area contributed by atoms with Gasteiger partial charge >= 0.3 is 0 Å². The maximum absolute atomic E-state index is 5.32. The van der Waals surface area contributed by atoms with Crippen LogP contribution < -0.4 is 11.1 Å². The number of nitrogens with one attached hydrogen (secondary N) is 1. The first-order valence-corrected chi connectivity index (χ1v) is 5.12. The molecule has 3 N–H and O–H groups in total. The van der Waals surface area contributed by atoms with Gasteiger partial charge in [-0.3, -0.25) is 0 Å². The van der Waals surface area contributed by atoms with Crippen molar-refractivity contribution in [2.75, 3.05) is 20.2 Å². The zero-order valence-electron chi connectivity index (χ0n) is 9.49. The lowest BCUT2D eigenvalue weighted by atomic mass is 10.0. The molecule has 0 fully saturated rings. The van der Waals surface area contributed by atoms with Crippen molar-refractivity contribution in [3.63, 3.8) is 0 Å². The predicted octanol–water partition coefficient (Wildman–Crippen LogP) is 1.77. The smallest absolute Gasteiger partial charge is 0.176 e. The molecule has 0 heterocycles. The summed E-state index contributed by atoms with van der Waals surface area (Å²) in [6.07, 6.45) is 1.08. The average molecular weight is 277 g/mol. The van der Waals surface area contributed by atoms with Gasteiger partial charge in [0.1, 0.15) is 6.61 Å². The largest absolute Gasteiger partial charge is 0.484 e. The summed E-state index contributed by atoms with van der Waals surface area (Å²) in [6, 6.07) is 0.159. The Morgan fingerprint density at radius 2 is 2.00 bits per heavy atom. The monoisotopic (exact) mass is 276 g/mol. The minimum Gasteiger partial charge on any atom is -0.484 e. The van der Waals surface area contributed by atoms with Gasteiger partial charge in [-0.15, -0.1) is 24.8 Å². The molecule has 0 saturated carbocycles. The summed E-state index contributed by atoms with van der Waals surface area (Å²) in [5.74, 6) is 0.496. The van der Waals surface area contributed by atoms with Crippen molar-refractivity contribution in [2.45, 2.75) is 26.3 Å². The molecular formula is C9H22Cl2N2OS. The van der Waals surface area contributed by atoms with Crippen LogP contribution in [0.25, 0.3) is 0 Å². The molecule has 94 valence electrons. The number of hydrogen-bond donors (Lipinski definition) is 2. The van der Waals surface area contributed by atoms with E-state index in [0.29, 0.717) is 24.1 Å². The van der Waals surface area contributed by atoms with Gasteiger partial charge in [0.25, 0.3) is 0 Å². The Labute approximate surface area is 110 Å². The molecule has 2 atom stereocenters. The third-order valence-electron chi connectivity index (χ3n) is 2.14. The van der Waals surface area contributed by atoms with Crippen molar-refractivity contribution in [1.82, 2.24) is 5.32 Å². The molecule has 0 aromatic heterocycles. The third-order valence-corrected chi connectivity index (χ3v) is 2.51. The standard InChI is InChI=1S/C9H20N2OS.2ClH/c1-4-7(2)8(11-3)9(13)12-6-5-10;;/h7-8,11H,4-6,10H2,1-3H3;2*1H/t7-,8-;;/m0../s1. The van der Waals surface area contributed by atoms with E-state index in [4.69, 9.17) is 22.7 Å². The fourth-order valence-electron chi connectivity index (χ4n) is 1.12. The van der Waals surface area contributed by atoms with Crippen LogP contribution in [0.5, 0.6) is 0 Å². The second-order valence-electron chi connectivity index (χ2n) is 3.11. The molecule has 0 aliphatic rings. The summed E-state index contributed by atoms with van der Waals surface area (Å²) in [7, 11) is 1.90. The van der Waals surface area contributed by atoms with E-state index in [9.17, 15) is 0 Å². The molecule has 0 rings (SSSR count). The van der Waals surface area contributed by atoms with Gasteiger partial charge < -0.3 is 15.8 Å². The van der Waals surface area contributed by atoms with E-state index in [0.717, 1.165) is 6.42 Å². The molecule has 15 heavy (non-hydrogen) atoms. The molecule has 0 aliphatic heterocycles. The van der Waals surface area contributed by atoms with Crippen LogP contribution in [-0.2, 0) is 4.74 Å². The molecule has 0 aliphatic carbocycles. The summed E-state index contributed by atoms with van der Waals surface area (Å²) in [4.78, 5) is 0. The molecule has 0 radical (unpaired) electrons. The number of rotatable bonds is 6. The average Bonchev–Trinajstić information content (AvgIpc) is 2.15. The van der Waals surface area contributed by atoms with Gasteiger partial charge in [-0.1, -0.05) is 20.3 Å². The van der Waals surface area contributed by atoms with Crippen molar-refractivity contribution < 1.29 is 4.74 Å². The summed E-state index contributed by atoms with van der Waals surface area (Å²) in [5.41, 5.74) is 5.32. The van der Waals surface area contributed by atoms with Gasteiger partial charge in [0.15, 0.2) is 5.05 Å². The summed E-state index contributed by atoms with van der Waals surface area (Å²) in [5, 5.41) is 3.78. The Bertz CT molecular complexity index is 161.